The van der Waals surface area contributed by atoms with Gasteiger partial charge in [0.25, 0.3) is 0 Å². The Labute approximate surface area is 155 Å². The van der Waals surface area contributed by atoms with E-state index in [1.54, 1.807) is 14.2 Å². The maximum atomic E-state index is 5.73. The van der Waals surface area contributed by atoms with Crippen LogP contribution in [0.15, 0.2) is 42.5 Å². The fraction of sp³-hybridized carbons (Fsp3) is 0.429. The standard InChI is InChI=1S/C21H28N2O3/c1-4-26-17-10-8-16(9-11-17)20(23-14-12-22-13-15-23)18-6-5-7-19(24-2)21(18)25-3/h5-11,20,22H,4,12-15H2,1-3H3. The number of piperazine rings is 1. The molecule has 1 aliphatic heterocycles. The molecule has 3 rings (SSSR count). The molecule has 1 unspecified atom stereocenters. The lowest BCUT2D eigenvalue weighted by Gasteiger charge is -2.36. The SMILES string of the molecule is CCOc1ccc(C(c2cccc(OC)c2OC)N2CCNCC2)cc1. The smallest absolute Gasteiger partial charge is 0.165 e. The van der Waals surface area contributed by atoms with Gasteiger partial charge >= 0.3 is 0 Å². The molecule has 1 saturated heterocycles. The zero-order chi connectivity index (χ0) is 18.4. The van der Waals surface area contributed by atoms with Crippen molar-refractivity contribution in [3.05, 3.63) is 53.6 Å². The van der Waals surface area contributed by atoms with E-state index >= 15 is 0 Å². The summed E-state index contributed by atoms with van der Waals surface area (Å²) in [6.45, 7) is 6.61. The molecule has 2 aromatic rings. The summed E-state index contributed by atoms with van der Waals surface area (Å²) in [6.07, 6.45) is 0. The summed E-state index contributed by atoms with van der Waals surface area (Å²) < 4.78 is 16.9. The number of nitrogens with one attached hydrogen (secondary N) is 1. The molecule has 5 nitrogen and oxygen atoms in total. The van der Waals surface area contributed by atoms with Gasteiger partial charge in [0, 0.05) is 31.7 Å². The summed E-state index contributed by atoms with van der Waals surface area (Å²) in [4.78, 5) is 2.49. The van der Waals surface area contributed by atoms with Crippen LogP contribution in [0.5, 0.6) is 17.2 Å². The van der Waals surface area contributed by atoms with Crippen LogP contribution >= 0.6 is 0 Å². The molecule has 1 fully saturated rings. The van der Waals surface area contributed by atoms with Gasteiger partial charge in [0.05, 0.1) is 26.9 Å². The topological polar surface area (TPSA) is 43.0 Å². The highest BCUT2D eigenvalue weighted by Gasteiger charge is 2.27. The van der Waals surface area contributed by atoms with E-state index in [-0.39, 0.29) is 6.04 Å². The summed E-state index contributed by atoms with van der Waals surface area (Å²) in [5, 5.41) is 3.43. The van der Waals surface area contributed by atoms with Crippen LogP contribution in [-0.2, 0) is 0 Å². The minimum atomic E-state index is 0.109. The van der Waals surface area contributed by atoms with Gasteiger partial charge in [0.15, 0.2) is 11.5 Å². The Kier molecular flexibility index (Phi) is 6.36. The zero-order valence-corrected chi connectivity index (χ0v) is 15.8. The van der Waals surface area contributed by atoms with Gasteiger partial charge in [-0.1, -0.05) is 24.3 Å². The van der Waals surface area contributed by atoms with Crippen molar-refractivity contribution in [1.82, 2.24) is 10.2 Å². The van der Waals surface area contributed by atoms with Crippen molar-refractivity contribution in [1.29, 1.82) is 0 Å². The summed E-state index contributed by atoms with van der Waals surface area (Å²) in [5.41, 5.74) is 2.35. The normalized spacial score (nSPS) is 16.1. The van der Waals surface area contributed by atoms with Crippen molar-refractivity contribution in [2.75, 3.05) is 47.0 Å². The number of benzene rings is 2. The summed E-state index contributed by atoms with van der Waals surface area (Å²) in [5.74, 6) is 2.46. The van der Waals surface area contributed by atoms with E-state index in [1.165, 1.54) is 5.56 Å². The third-order valence-corrected chi connectivity index (χ3v) is 4.75. The lowest BCUT2D eigenvalue weighted by Crippen LogP contribution is -2.45. The number of para-hydroxylation sites is 1. The lowest BCUT2D eigenvalue weighted by atomic mass is 9.95. The lowest BCUT2D eigenvalue weighted by molar-refractivity contribution is 0.194. The quantitative estimate of drug-likeness (QED) is 0.826. The van der Waals surface area contributed by atoms with Crippen molar-refractivity contribution in [2.45, 2.75) is 13.0 Å². The van der Waals surface area contributed by atoms with E-state index in [1.807, 2.05) is 31.2 Å². The van der Waals surface area contributed by atoms with Crippen LogP contribution < -0.4 is 19.5 Å². The first-order valence-electron chi connectivity index (χ1n) is 9.17. The van der Waals surface area contributed by atoms with Gasteiger partial charge in [-0.25, -0.2) is 0 Å². The first-order valence-corrected chi connectivity index (χ1v) is 9.17. The summed E-state index contributed by atoms with van der Waals surface area (Å²) in [7, 11) is 3.38. The van der Waals surface area contributed by atoms with Gasteiger partial charge in [0.2, 0.25) is 0 Å². The zero-order valence-electron chi connectivity index (χ0n) is 15.8. The fourth-order valence-electron chi connectivity index (χ4n) is 3.57. The third-order valence-electron chi connectivity index (χ3n) is 4.75. The van der Waals surface area contributed by atoms with Gasteiger partial charge in [-0.3, -0.25) is 4.90 Å². The maximum absolute atomic E-state index is 5.73. The fourth-order valence-corrected chi connectivity index (χ4v) is 3.57. The number of rotatable bonds is 7. The van der Waals surface area contributed by atoms with Crippen LogP contribution in [0.1, 0.15) is 24.1 Å². The minimum absolute atomic E-state index is 0.109. The van der Waals surface area contributed by atoms with Gasteiger partial charge in [0.1, 0.15) is 5.75 Å². The molecule has 5 heteroatoms. The average molecular weight is 356 g/mol. The number of hydrogen-bond donors (Lipinski definition) is 1. The average Bonchev–Trinajstić information content (AvgIpc) is 2.70. The second-order valence-corrected chi connectivity index (χ2v) is 6.27. The molecule has 1 heterocycles. The van der Waals surface area contributed by atoms with Crippen molar-refractivity contribution in [3.63, 3.8) is 0 Å². The molecule has 0 saturated carbocycles. The number of hydrogen-bond acceptors (Lipinski definition) is 5. The molecular formula is C21H28N2O3. The molecule has 0 amide bonds. The molecule has 26 heavy (non-hydrogen) atoms. The van der Waals surface area contributed by atoms with Crippen LogP contribution in [0.4, 0.5) is 0 Å². The monoisotopic (exact) mass is 356 g/mol. The van der Waals surface area contributed by atoms with Gasteiger partial charge in [-0.05, 0) is 30.7 Å². The van der Waals surface area contributed by atoms with Crippen molar-refractivity contribution >= 4 is 0 Å². The molecule has 1 atom stereocenters. The van der Waals surface area contributed by atoms with Crippen molar-refractivity contribution in [2.24, 2.45) is 0 Å². The van der Waals surface area contributed by atoms with Crippen LogP contribution in [0.3, 0.4) is 0 Å². The first kappa shape index (κ1) is 18.5. The maximum Gasteiger partial charge on any atom is 0.165 e. The molecule has 1 aliphatic rings. The van der Waals surface area contributed by atoms with Gasteiger partial charge in [-0.2, -0.15) is 0 Å². The van der Waals surface area contributed by atoms with Gasteiger partial charge in [-0.15, -0.1) is 0 Å². The van der Waals surface area contributed by atoms with Crippen molar-refractivity contribution < 1.29 is 14.2 Å². The molecule has 140 valence electrons. The Morgan fingerprint density at radius 2 is 1.73 bits per heavy atom. The molecule has 0 bridgehead atoms. The molecular weight excluding hydrogens is 328 g/mol. The Hall–Kier alpha value is -2.24. The number of nitrogens with zero attached hydrogens (tertiary/aromatic N) is 1. The van der Waals surface area contributed by atoms with E-state index in [0.717, 1.165) is 49.0 Å². The number of ether oxygens (including phenoxy) is 3. The first-order chi connectivity index (χ1) is 12.8. The molecule has 0 aromatic heterocycles. The Balaban J connectivity index is 2.04. The highest BCUT2D eigenvalue weighted by molar-refractivity contribution is 5.51. The third kappa shape index (κ3) is 3.94. The number of methoxy groups -OCH3 is 2. The van der Waals surface area contributed by atoms with E-state index in [4.69, 9.17) is 14.2 Å². The van der Waals surface area contributed by atoms with Crippen LogP contribution in [0.2, 0.25) is 0 Å². The van der Waals surface area contributed by atoms with E-state index < -0.39 is 0 Å². The highest BCUT2D eigenvalue weighted by Crippen LogP contribution is 2.40. The Morgan fingerprint density at radius 1 is 1.00 bits per heavy atom. The molecule has 2 aromatic carbocycles. The molecule has 0 aliphatic carbocycles. The van der Waals surface area contributed by atoms with Crippen LogP contribution in [0.25, 0.3) is 0 Å². The second-order valence-electron chi connectivity index (χ2n) is 6.27. The highest BCUT2D eigenvalue weighted by atomic mass is 16.5. The van der Waals surface area contributed by atoms with E-state index in [2.05, 4.69) is 28.4 Å². The van der Waals surface area contributed by atoms with E-state index in [9.17, 15) is 0 Å². The molecule has 1 N–H and O–H groups in total. The van der Waals surface area contributed by atoms with Crippen LogP contribution in [-0.4, -0.2) is 51.9 Å². The van der Waals surface area contributed by atoms with E-state index in [0.29, 0.717) is 6.61 Å². The predicted octanol–water partition coefficient (Wildman–Crippen LogP) is 3.10. The minimum Gasteiger partial charge on any atom is -0.494 e. The van der Waals surface area contributed by atoms with Gasteiger partial charge < -0.3 is 19.5 Å². The summed E-state index contributed by atoms with van der Waals surface area (Å²) in [6, 6.07) is 14.6. The summed E-state index contributed by atoms with van der Waals surface area (Å²) >= 11 is 0. The Bertz CT molecular complexity index is 697. The second kappa shape index (κ2) is 8.92. The van der Waals surface area contributed by atoms with Crippen LogP contribution in [0, 0.1) is 0 Å². The largest absolute Gasteiger partial charge is 0.494 e. The molecule has 0 spiro atoms. The predicted molar refractivity (Wildman–Crippen MR) is 103 cm³/mol. The molecule has 0 radical (unpaired) electrons. The Morgan fingerprint density at radius 3 is 2.35 bits per heavy atom. The van der Waals surface area contributed by atoms with Crippen molar-refractivity contribution in [3.8, 4) is 17.2 Å².